The lowest BCUT2D eigenvalue weighted by atomic mass is 10.1. The number of methoxy groups -OCH3 is 1. The molecule has 6 heteroatoms. The minimum Gasteiger partial charge on any atom is -0.496 e. The predicted octanol–water partition coefficient (Wildman–Crippen LogP) is 1.47. The number of nitrogens with one attached hydrogen (secondary N) is 1. The van der Waals surface area contributed by atoms with Gasteiger partial charge in [-0.05, 0) is 19.1 Å². The molecule has 20 heavy (non-hydrogen) atoms. The second-order valence-corrected chi connectivity index (χ2v) is 4.75. The zero-order valence-electron chi connectivity index (χ0n) is 11.1. The van der Waals surface area contributed by atoms with E-state index in [2.05, 4.69) is 9.97 Å². The molecule has 0 aliphatic carbocycles. The zero-order valence-corrected chi connectivity index (χ0v) is 11.1. The molecule has 0 amide bonds. The average molecular weight is 274 g/mol. The normalized spacial score (nSPS) is 16.6. The lowest BCUT2D eigenvalue weighted by Crippen LogP contribution is -2.07. The fraction of sp³-hybridized carbons (Fsp3) is 0.286. The van der Waals surface area contributed by atoms with E-state index in [0.29, 0.717) is 11.3 Å². The smallest absolute Gasteiger partial charge is 0.254 e. The van der Waals surface area contributed by atoms with Gasteiger partial charge in [0.2, 0.25) is 5.88 Å². The Morgan fingerprint density at radius 3 is 2.95 bits per heavy atom. The van der Waals surface area contributed by atoms with E-state index in [0.717, 1.165) is 23.8 Å². The number of H-pyrrole nitrogens is 1. The Morgan fingerprint density at radius 1 is 1.45 bits per heavy atom. The molecule has 104 valence electrons. The monoisotopic (exact) mass is 274 g/mol. The summed E-state index contributed by atoms with van der Waals surface area (Å²) in [7, 11) is 1.55. The minimum atomic E-state index is -0.427. The number of aromatic amines is 1. The molecular weight excluding hydrogens is 260 g/mol. The molecule has 0 saturated heterocycles. The van der Waals surface area contributed by atoms with E-state index in [1.807, 2.05) is 13.0 Å². The van der Waals surface area contributed by atoms with Crippen LogP contribution in [0.15, 0.2) is 23.0 Å². The Kier molecular flexibility index (Phi) is 2.85. The molecule has 1 unspecified atom stereocenters. The van der Waals surface area contributed by atoms with Crippen molar-refractivity contribution in [1.29, 1.82) is 0 Å². The number of aromatic nitrogens is 2. The van der Waals surface area contributed by atoms with Crippen molar-refractivity contribution in [2.75, 3.05) is 7.11 Å². The van der Waals surface area contributed by atoms with E-state index in [1.54, 1.807) is 13.2 Å². The minimum absolute atomic E-state index is 0.112. The zero-order chi connectivity index (χ0) is 14.3. The van der Waals surface area contributed by atoms with Crippen LogP contribution in [0.5, 0.6) is 17.4 Å². The number of benzene rings is 1. The number of nitrogens with zero attached hydrogens (tertiary/aromatic N) is 1. The number of ether oxygens (including phenoxy) is 2. The van der Waals surface area contributed by atoms with Gasteiger partial charge in [-0.25, -0.2) is 0 Å². The number of fused-ring (bicyclic) bond motifs is 1. The van der Waals surface area contributed by atoms with Crippen LogP contribution in [-0.2, 0) is 6.42 Å². The highest BCUT2D eigenvalue weighted by Gasteiger charge is 2.23. The van der Waals surface area contributed by atoms with Gasteiger partial charge in [0, 0.05) is 12.0 Å². The van der Waals surface area contributed by atoms with Crippen LogP contribution in [0.2, 0.25) is 0 Å². The largest absolute Gasteiger partial charge is 0.496 e. The highest BCUT2D eigenvalue weighted by molar-refractivity contribution is 5.68. The summed E-state index contributed by atoms with van der Waals surface area (Å²) in [4.78, 5) is 17.9. The lowest BCUT2D eigenvalue weighted by molar-refractivity contribution is 0.254. The summed E-state index contributed by atoms with van der Waals surface area (Å²) in [6.07, 6.45) is 0.928. The molecule has 0 spiro atoms. The molecule has 1 aliphatic rings. The maximum Gasteiger partial charge on any atom is 0.254 e. The second-order valence-electron chi connectivity index (χ2n) is 4.75. The topological polar surface area (TPSA) is 84.4 Å². The van der Waals surface area contributed by atoms with Crippen LogP contribution in [0.4, 0.5) is 0 Å². The van der Waals surface area contributed by atoms with Crippen molar-refractivity contribution in [3.8, 4) is 28.8 Å². The first-order valence-electron chi connectivity index (χ1n) is 6.25. The van der Waals surface area contributed by atoms with Crippen molar-refractivity contribution < 1.29 is 14.6 Å². The number of hydrogen-bond acceptors (Lipinski definition) is 5. The van der Waals surface area contributed by atoms with Crippen molar-refractivity contribution in [3.05, 3.63) is 34.1 Å². The molecular formula is C14H14N2O4. The van der Waals surface area contributed by atoms with E-state index in [4.69, 9.17) is 9.47 Å². The van der Waals surface area contributed by atoms with Crippen LogP contribution < -0.4 is 15.0 Å². The molecule has 2 N–H and O–H groups in total. The lowest BCUT2D eigenvalue weighted by Gasteiger charge is -2.10. The van der Waals surface area contributed by atoms with Crippen molar-refractivity contribution in [3.63, 3.8) is 0 Å². The van der Waals surface area contributed by atoms with Crippen molar-refractivity contribution in [2.24, 2.45) is 0 Å². The van der Waals surface area contributed by atoms with Crippen molar-refractivity contribution in [1.82, 2.24) is 9.97 Å². The van der Waals surface area contributed by atoms with Crippen LogP contribution in [0, 0.1) is 0 Å². The summed E-state index contributed by atoms with van der Waals surface area (Å²) >= 11 is 0. The maximum atomic E-state index is 11.4. The molecule has 0 fully saturated rings. The third-order valence-electron chi connectivity index (χ3n) is 3.20. The standard InChI is InChI=1S/C14H14N2O4/c1-7-3-8-4-11(19-2)9(5-10(8)20-7)14-15-12(17)6-13(18)16-14/h4-7H,3H2,1-2H3,(H2,15,16,17,18). The SMILES string of the molecule is COc1cc2c(cc1-c1nc(O)cc(=O)[nH]1)OC(C)C2. The van der Waals surface area contributed by atoms with E-state index in [9.17, 15) is 9.90 Å². The molecule has 1 atom stereocenters. The number of hydrogen-bond donors (Lipinski definition) is 2. The van der Waals surface area contributed by atoms with Gasteiger partial charge in [0.1, 0.15) is 23.4 Å². The summed E-state index contributed by atoms with van der Waals surface area (Å²) in [5.41, 5.74) is 1.21. The molecule has 3 rings (SSSR count). The molecule has 6 nitrogen and oxygen atoms in total. The van der Waals surface area contributed by atoms with Gasteiger partial charge >= 0.3 is 0 Å². The summed E-state index contributed by atoms with van der Waals surface area (Å²) in [5, 5.41) is 9.45. The maximum absolute atomic E-state index is 11.4. The van der Waals surface area contributed by atoms with Crippen LogP contribution in [0.1, 0.15) is 12.5 Å². The van der Waals surface area contributed by atoms with E-state index >= 15 is 0 Å². The Morgan fingerprint density at radius 2 is 2.25 bits per heavy atom. The molecule has 0 saturated carbocycles. The molecule has 2 heterocycles. The first-order chi connectivity index (χ1) is 9.56. The van der Waals surface area contributed by atoms with Gasteiger partial charge in [0.05, 0.1) is 18.7 Å². The van der Waals surface area contributed by atoms with Gasteiger partial charge in [0.25, 0.3) is 5.56 Å². The van der Waals surface area contributed by atoms with Crippen molar-refractivity contribution >= 4 is 0 Å². The Bertz CT molecular complexity index is 724. The Balaban J connectivity index is 2.18. The second kappa shape index (κ2) is 4.56. The molecule has 0 radical (unpaired) electrons. The average Bonchev–Trinajstić information content (AvgIpc) is 2.75. The third-order valence-corrected chi connectivity index (χ3v) is 3.20. The summed E-state index contributed by atoms with van der Waals surface area (Å²) in [6.45, 7) is 1.99. The van der Waals surface area contributed by atoms with Gasteiger partial charge in [-0.3, -0.25) is 4.79 Å². The predicted molar refractivity (Wildman–Crippen MR) is 72.3 cm³/mol. The van der Waals surface area contributed by atoms with E-state index < -0.39 is 5.56 Å². The van der Waals surface area contributed by atoms with Crippen LogP contribution >= 0.6 is 0 Å². The van der Waals surface area contributed by atoms with Gasteiger partial charge < -0.3 is 19.6 Å². The van der Waals surface area contributed by atoms with Gasteiger partial charge in [-0.2, -0.15) is 4.98 Å². The summed E-state index contributed by atoms with van der Waals surface area (Å²) < 4.78 is 11.0. The number of aromatic hydroxyl groups is 1. The fourth-order valence-corrected chi connectivity index (χ4v) is 2.37. The Labute approximate surface area is 115 Å². The van der Waals surface area contributed by atoms with Crippen molar-refractivity contribution in [2.45, 2.75) is 19.4 Å². The molecule has 1 aliphatic heterocycles. The number of rotatable bonds is 2. The first kappa shape index (κ1) is 12.5. The Hall–Kier alpha value is -2.50. The summed E-state index contributed by atoms with van der Waals surface area (Å²) in [5.74, 6) is 1.24. The molecule has 0 bridgehead atoms. The van der Waals surface area contributed by atoms with Gasteiger partial charge in [-0.1, -0.05) is 0 Å². The van der Waals surface area contributed by atoms with E-state index in [1.165, 1.54) is 0 Å². The van der Waals surface area contributed by atoms with Gasteiger partial charge in [0.15, 0.2) is 0 Å². The third kappa shape index (κ3) is 2.09. The molecule has 1 aromatic heterocycles. The quantitative estimate of drug-likeness (QED) is 0.866. The van der Waals surface area contributed by atoms with Gasteiger partial charge in [-0.15, -0.1) is 0 Å². The fourth-order valence-electron chi connectivity index (χ4n) is 2.37. The summed E-state index contributed by atoms with van der Waals surface area (Å²) in [6, 6.07) is 4.66. The molecule has 2 aromatic rings. The molecule has 1 aromatic carbocycles. The highest BCUT2D eigenvalue weighted by atomic mass is 16.5. The van der Waals surface area contributed by atoms with Crippen LogP contribution in [0.25, 0.3) is 11.4 Å². The van der Waals surface area contributed by atoms with E-state index in [-0.39, 0.29) is 17.8 Å². The first-order valence-corrected chi connectivity index (χ1v) is 6.25. The van der Waals surface area contributed by atoms with Crippen LogP contribution in [0.3, 0.4) is 0 Å². The highest BCUT2D eigenvalue weighted by Crippen LogP contribution is 2.38. The van der Waals surface area contributed by atoms with Crippen LogP contribution in [-0.4, -0.2) is 28.3 Å².